The summed E-state index contributed by atoms with van der Waals surface area (Å²) in [7, 11) is 1.94. The monoisotopic (exact) mass is 257 g/mol. The van der Waals surface area contributed by atoms with Crippen molar-refractivity contribution in [1.82, 2.24) is 5.32 Å². The van der Waals surface area contributed by atoms with Crippen LogP contribution in [0, 0.1) is 0 Å². The Labute approximate surface area is 91.5 Å². The molecule has 2 rings (SSSR count). The Morgan fingerprint density at radius 2 is 2.14 bits per heavy atom. The predicted molar refractivity (Wildman–Crippen MR) is 57.9 cm³/mol. The Morgan fingerprint density at radius 3 is 2.93 bits per heavy atom. The SMILES string of the molecule is CNCCc1ccc(Br)c2c1OCO2. The molecule has 76 valence electrons. The third-order valence-corrected chi connectivity index (χ3v) is 2.82. The van der Waals surface area contributed by atoms with E-state index >= 15 is 0 Å². The lowest BCUT2D eigenvalue weighted by molar-refractivity contribution is 0.173. The van der Waals surface area contributed by atoms with Gasteiger partial charge < -0.3 is 14.8 Å². The maximum absolute atomic E-state index is 5.43. The molecule has 0 saturated carbocycles. The zero-order chi connectivity index (χ0) is 9.97. The molecule has 1 aliphatic heterocycles. The highest BCUT2D eigenvalue weighted by molar-refractivity contribution is 9.10. The van der Waals surface area contributed by atoms with Gasteiger partial charge in [-0.3, -0.25) is 0 Å². The van der Waals surface area contributed by atoms with Gasteiger partial charge in [-0.2, -0.15) is 0 Å². The van der Waals surface area contributed by atoms with Gasteiger partial charge in [0.15, 0.2) is 11.5 Å². The second kappa shape index (κ2) is 4.19. The van der Waals surface area contributed by atoms with Gasteiger partial charge in [0.05, 0.1) is 4.47 Å². The zero-order valence-electron chi connectivity index (χ0n) is 7.97. The molecule has 0 atom stereocenters. The average molecular weight is 258 g/mol. The molecule has 0 saturated heterocycles. The number of benzene rings is 1. The van der Waals surface area contributed by atoms with Gasteiger partial charge in [-0.25, -0.2) is 0 Å². The Hall–Kier alpha value is -0.740. The van der Waals surface area contributed by atoms with Gasteiger partial charge in [-0.1, -0.05) is 6.07 Å². The van der Waals surface area contributed by atoms with E-state index in [1.165, 1.54) is 5.56 Å². The first-order valence-electron chi connectivity index (χ1n) is 4.54. The van der Waals surface area contributed by atoms with E-state index in [1.807, 2.05) is 13.1 Å². The lowest BCUT2D eigenvalue weighted by Crippen LogP contribution is -2.10. The fraction of sp³-hybridized carbons (Fsp3) is 0.400. The molecule has 0 spiro atoms. The summed E-state index contributed by atoms with van der Waals surface area (Å²) in [6, 6.07) is 4.06. The molecule has 1 aromatic carbocycles. The van der Waals surface area contributed by atoms with Crippen LogP contribution < -0.4 is 14.8 Å². The Bertz CT molecular complexity index is 341. The number of halogens is 1. The van der Waals surface area contributed by atoms with Crippen molar-refractivity contribution in [1.29, 1.82) is 0 Å². The lowest BCUT2D eigenvalue weighted by Gasteiger charge is -2.06. The molecule has 0 aromatic heterocycles. The van der Waals surface area contributed by atoms with E-state index in [4.69, 9.17) is 9.47 Å². The summed E-state index contributed by atoms with van der Waals surface area (Å²) in [6.07, 6.45) is 0.954. The largest absolute Gasteiger partial charge is 0.453 e. The molecular formula is C10H12BrNO2. The lowest BCUT2D eigenvalue weighted by atomic mass is 10.1. The van der Waals surface area contributed by atoms with Crippen LogP contribution in [0.3, 0.4) is 0 Å². The van der Waals surface area contributed by atoms with Crippen molar-refractivity contribution in [2.75, 3.05) is 20.4 Å². The number of rotatable bonds is 3. The van der Waals surface area contributed by atoms with Gasteiger partial charge in [0.25, 0.3) is 0 Å². The molecule has 1 aromatic rings. The average Bonchev–Trinajstić information content (AvgIpc) is 2.66. The number of fused-ring (bicyclic) bond motifs is 1. The van der Waals surface area contributed by atoms with E-state index < -0.39 is 0 Å². The van der Waals surface area contributed by atoms with Gasteiger partial charge in [0, 0.05) is 0 Å². The molecule has 1 aliphatic rings. The van der Waals surface area contributed by atoms with Crippen molar-refractivity contribution in [3.63, 3.8) is 0 Å². The highest BCUT2D eigenvalue weighted by atomic mass is 79.9. The van der Waals surface area contributed by atoms with E-state index in [-0.39, 0.29) is 0 Å². The standard InChI is InChI=1S/C10H12BrNO2/c1-12-5-4-7-2-3-8(11)10-9(7)13-6-14-10/h2-3,12H,4-6H2,1H3. The molecule has 3 nitrogen and oxygen atoms in total. The van der Waals surface area contributed by atoms with Crippen LogP contribution in [0.4, 0.5) is 0 Å². The Morgan fingerprint density at radius 1 is 1.36 bits per heavy atom. The molecule has 0 bridgehead atoms. The summed E-state index contributed by atoms with van der Waals surface area (Å²) in [4.78, 5) is 0. The van der Waals surface area contributed by atoms with Crippen molar-refractivity contribution in [3.8, 4) is 11.5 Å². The second-order valence-corrected chi connectivity index (χ2v) is 3.98. The molecule has 1 N–H and O–H groups in total. The minimum absolute atomic E-state index is 0.324. The van der Waals surface area contributed by atoms with Crippen molar-refractivity contribution < 1.29 is 9.47 Å². The molecular weight excluding hydrogens is 246 g/mol. The van der Waals surface area contributed by atoms with Crippen molar-refractivity contribution in [2.45, 2.75) is 6.42 Å². The van der Waals surface area contributed by atoms with E-state index in [2.05, 4.69) is 27.3 Å². The van der Waals surface area contributed by atoms with Crippen LogP contribution in [0.1, 0.15) is 5.56 Å². The Kier molecular flexibility index (Phi) is 2.93. The summed E-state index contributed by atoms with van der Waals surface area (Å²) in [5, 5.41) is 3.11. The van der Waals surface area contributed by atoms with E-state index in [0.29, 0.717) is 6.79 Å². The summed E-state index contributed by atoms with van der Waals surface area (Å²) in [5.41, 5.74) is 1.19. The number of nitrogens with one attached hydrogen (secondary N) is 1. The van der Waals surface area contributed by atoms with Crippen LogP contribution >= 0.6 is 15.9 Å². The normalized spacial score (nSPS) is 13.3. The first kappa shape index (κ1) is 9.80. The molecule has 14 heavy (non-hydrogen) atoms. The summed E-state index contributed by atoms with van der Waals surface area (Å²) in [5.74, 6) is 1.72. The topological polar surface area (TPSA) is 30.5 Å². The van der Waals surface area contributed by atoms with Gasteiger partial charge >= 0.3 is 0 Å². The quantitative estimate of drug-likeness (QED) is 0.898. The molecule has 0 fully saturated rings. The van der Waals surface area contributed by atoms with Crippen LogP contribution in [0.2, 0.25) is 0 Å². The molecule has 0 amide bonds. The van der Waals surface area contributed by atoms with Crippen LogP contribution in [-0.4, -0.2) is 20.4 Å². The van der Waals surface area contributed by atoms with Gasteiger partial charge in [-0.05, 0) is 47.6 Å². The van der Waals surface area contributed by atoms with Crippen molar-refractivity contribution in [3.05, 3.63) is 22.2 Å². The molecule has 4 heteroatoms. The first-order chi connectivity index (χ1) is 6.83. The zero-order valence-corrected chi connectivity index (χ0v) is 9.56. The highest BCUT2D eigenvalue weighted by Gasteiger charge is 2.20. The summed E-state index contributed by atoms with van der Waals surface area (Å²) >= 11 is 3.43. The molecule has 1 heterocycles. The smallest absolute Gasteiger partial charge is 0.231 e. The van der Waals surface area contributed by atoms with Crippen LogP contribution in [0.15, 0.2) is 16.6 Å². The third-order valence-electron chi connectivity index (χ3n) is 2.20. The maximum atomic E-state index is 5.43. The molecule has 0 unspecified atom stereocenters. The highest BCUT2D eigenvalue weighted by Crippen LogP contribution is 2.41. The van der Waals surface area contributed by atoms with Gasteiger partial charge in [0.2, 0.25) is 6.79 Å². The molecule has 0 aliphatic carbocycles. The van der Waals surface area contributed by atoms with E-state index in [0.717, 1.165) is 28.9 Å². The van der Waals surface area contributed by atoms with Crippen molar-refractivity contribution >= 4 is 15.9 Å². The third kappa shape index (κ3) is 1.72. The maximum Gasteiger partial charge on any atom is 0.231 e. The second-order valence-electron chi connectivity index (χ2n) is 3.12. The van der Waals surface area contributed by atoms with Gasteiger partial charge in [0.1, 0.15) is 0 Å². The minimum Gasteiger partial charge on any atom is -0.453 e. The van der Waals surface area contributed by atoms with E-state index in [9.17, 15) is 0 Å². The van der Waals surface area contributed by atoms with E-state index in [1.54, 1.807) is 0 Å². The number of ether oxygens (including phenoxy) is 2. The number of likely N-dealkylation sites (N-methyl/N-ethyl adjacent to an activating group) is 1. The predicted octanol–water partition coefficient (Wildman–Crippen LogP) is 1.94. The van der Waals surface area contributed by atoms with Gasteiger partial charge in [-0.15, -0.1) is 0 Å². The Balaban J connectivity index is 2.29. The fourth-order valence-corrected chi connectivity index (χ4v) is 1.90. The molecule has 0 radical (unpaired) electrons. The van der Waals surface area contributed by atoms with Crippen LogP contribution in [0.25, 0.3) is 0 Å². The number of hydrogen-bond acceptors (Lipinski definition) is 3. The van der Waals surface area contributed by atoms with Crippen LogP contribution in [-0.2, 0) is 6.42 Å². The summed E-state index contributed by atoms with van der Waals surface area (Å²) in [6.45, 7) is 1.27. The van der Waals surface area contributed by atoms with Crippen LogP contribution in [0.5, 0.6) is 11.5 Å². The first-order valence-corrected chi connectivity index (χ1v) is 5.34. The van der Waals surface area contributed by atoms with Crippen molar-refractivity contribution in [2.24, 2.45) is 0 Å². The number of hydrogen-bond donors (Lipinski definition) is 1. The summed E-state index contributed by atoms with van der Waals surface area (Å²) < 4.78 is 11.7. The fourth-order valence-electron chi connectivity index (χ4n) is 1.48. The minimum atomic E-state index is 0.324.